The quantitative estimate of drug-likeness (QED) is 0.633. The molecule has 20 heavy (non-hydrogen) atoms. The molecular weight excluding hydrogens is 271 g/mol. The summed E-state index contributed by atoms with van der Waals surface area (Å²) in [6.07, 6.45) is 0.391. The van der Waals surface area contributed by atoms with Crippen LogP contribution in [0.1, 0.15) is 20.8 Å². The molecule has 0 saturated carbocycles. The predicted molar refractivity (Wildman–Crippen MR) is 81.0 cm³/mol. The van der Waals surface area contributed by atoms with Gasteiger partial charge in [0.05, 0.1) is 4.88 Å². The van der Waals surface area contributed by atoms with Crippen LogP contribution in [0.3, 0.4) is 0 Å². The maximum atomic E-state index is 13.2. The molecule has 3 aromatic rings. The van der Waals surface area contributed by atoms with Crippen molar-refractivity contribution < 1.29 is 9.18 Å². The highest BCUT2D eigenvalue weighted by molar-refractivity contribution is 7.20. The van der Waals surface area contributed by atoms with Crippen molar-refractivity contribution in [3.63, 3.8) is 0 Å². The van der Waals surface area contributed by atoms with Crippen molar-refractivity contribution in [2.24, 2.45) is 0 Å². The first-order chi connectivity index (χ1) is 9.63. The normalized spacial score (nSPS) is 10.9. The van der Waals surface area contributed by atoms with Crippen LogP contribution in [0.2, 0.25) is 0 Å². The Balaban J connectivity index is 1.91. The summed E-state index contributed by atoms with van der Waals surface area (Å²) in [5.74, 6) is -0.182. The van der Waals surface area contributed by atoms with Crippen LogP contribution >= 0.6 is 11.3 Å². The molecule has 3 rings (SSSR count). The first-order valence-corrected chi connectivity index (χ1v) is 7.22. The molecule has 0 unspecified atom stereocenters. The molecule has 3 heteroatoms. The average Bonchev–Trinajstić information content (AvgIpc) is 2.84. The highest BCUT2D eigenvalue weighted by atomic mass is 32.1. The molecule has 0 atom stereocenters. The summed E-state index contributed by atoms with van der Waals surface area (Å²) >= 11 is 1.36. The van der Waals surface area contributed by atoms with Crippen LogP contribution in [0.25, 0.3) is 10.1 Å². The third kappa shape index (κ3) is 2.49. The zero-order valence-corrected chi connectivity index (χ0v) is 11.8. The first-order valence-electron chi connectivity index (χ1n) is 6.40. The van der Waals surface area contributed by atoms with E-state index in [1.807, 2.05) is 37.3 Å². The van der Waals surface area contributed by atoms with E-state index in [0.717, 1.165) is 21.2 Å². The third-order valence-electron chi connectivity index (χ3n) is 3.37. The average molecular weight is 284 g/mol. The van der Waals surface area contributed by atoms with E-state index in [-0.39, 0.29) is 11.6 Å². The summed E-state index contributed by atoms with van der Waals surface area (Å²) in [5.41, 5.74) is 2.16. The topological polar surface area (TPSA) is 17.1 Å². The Hall–Kier alpha value is -2.00. The molecule has 0 aliphatic rings. The molecule has 0 saturated heterocycles. The second-order valence-corrected chi connectivity index (χ2v) is 5.90. The Kier molecular flexibility index (Phi) is 3.36. The van der Waals surface area contributed by atoms with Crippen LogP contribution in [-0.4, -0.2) is 5.78 Å². The number of ketones is 1. The molecule has 0 aliphatic heterocycles. The maximum Gasteiger partial charge on any atom is 0.177 e. The summed E-state index contributed by atoms with van der Waals surface area (Å²) in [5, 5.41) is 0.921. The summed E-state index contributed by atoms with van der Waals surface area (Å²) in [7, 11) is 0. The van der Waals surface area contributed by atoms with Gasteiger partial charge in [-0.05, 0) is 41.6 Å². The predicted octanol–water partition coefficient (Wildman–Crippen LogP) is 4.77. The molecule has 0 radical (unpaired) electrons. The molecular formula is C17H13FOS. The molecule has 0 spiro atoms. The van der Waals surface area contributed by atoms with Gasteiger partial charge < -0.3 is 0 Å². The monoisotopic (exact) mass is 284 g/mol. The minimum atomic E-state index is -0.266. The second kappa shape index (κ2) is 5.17. The molecule has 1 heterocycles. The number of benzene rings is 2. The van der Waals surface area contributed by atoms with Crippen LogP contribution in [0.5, 0.6) is 0 Å². The fourth-order valence-electron chi connectivity index (χ4n) is 2.21. The molecule has 100 valence electrons. The van der Waals surface area contributed by atoms with Crippen molar-refractivity contribution in [1.82, 2.24) is 0 Å². The number of Topliss-reactive ketones (excluding diaryl/α,β-unsaturated/α-hetero) is 1. The number of aryl methyl sites for hydroxylation is 1. The summed E-state index contributed by atoms with van der Waals surface area (Å²) in [4.78, 5) is 13.0. The van der Waals surface area contributed by atoms with Crippen LogP contribution in [0.4, 0.5) is 4.39 Å². The lowest BCUT2D eigenvalue weighted by atomic mass is 10.0. The van der Waals surface area contributed by atoms with E-state index in [1.54, 1.807) is 6.07 Å². The van der Waals surface area contributed by atoms with Crippen molar-refractivity contribution in [3.8, 4) is 0 Å². The molecule has 0 bridgehead atoms. The number of carbonyl (C=O) groups excluding carboxylic acids is 1. The first kappa shape index (κ1) is 13.0. The fourth-order valence-corrected chi connectivity index (χ4v) is 3.24. The molecule has 1 aromatic heterocycles. The third-order valence-corrected chi connectivity index (χ3v) is 4.51. The summed E-state index contributed by atoms with van der Waals surface area (Å²) < 4.78 is 14.0. The van der Waals surface area contributed by atoms with Crippen LogP contribution in [0, 0.1) is 12.7 Å². The van der Waals surface area contributed by atoms with E-state index in [2.05, 4.69) is 0 Å². The van der Waals surface area contributed by atoms with Gasteiger partial charge in [0.1, 0.15) is 5.82 Å². The van der Waals surface area contributed by atoms with E-state index in [4.69, 9.17) is 0 Å². The van der Waals surface area contributed by atoms with Crippen molar-refractivity contribution in [2.45, 2.75) is 13.3 Å². The second-order valence-electron chi connectivity index (χ2n) is 4.82. The van der Waals surface area contributed by atoms with Gasteiger partial charge in [0.15, 0.2) is 5.78 Å². The van der Waals surface area contributed by atoms with Crippen LogP contribution in [-0.2, 0) is 6.42 Å². The van der Waals surface area contributed by atoms with E-state index < -0.39 is 0 Å². The molecule has 2 aromatic carbocycles. The number of halogens is 1. The molecule has 0 fully saturated rings. The number of fused-ring (bicyclic) bond motifs is 1. The number of hydrogen-bond acceptors (Lipinski definition) is 2. The lowest BCUT2D eigenvalue weighted by Gasteiger charge is -2.03. The van der Waals surface area contributed by atoms with E-state index in [9.17, 15) is 9.18 Å². The molecule has 0 aliphatic carbocycles. The molecule has 0 N–H and O–H groups in total. The minimum absolute atomic E-state index is 0.0842. The number of thiophene rings is 1. The highest BCUT2D eigenvalue weighted by Crippen LogP contribution is 2.27. The minimum Gasteiger partial charge on any atom is -0.293 e. The maximum absolute atomic E-state index is 13.2. The summed E-state index contributed by atoms with van der Waals surface area (Å²) in [6, 6.07) is 14.3. The van der Waals surface area contributed by atoms with Crippen molar-refractivity contribution in [1.29, 1.82) is 0 Å². The number of carbonyl (C=O) groups is 1. The Morgan fingerprint density at radius 3 is 2.75 bits per heavy atom. The largest absolute Gasteiger partial charge is 0.293 e. The Morgan fingerprint density at radius 2 is 1.95 bits per heavy atom. The number of rotatable bonds is 3. The number of hydrogen-bond donors (Lipinski definition) is 0. The summed E-state index contributed by atoms with van der Waals surface area (Å²) in [6.45, 7) is 2.00. The van der Waals surface area contributed by atoms with Crippen molar-refractivity contribution in [2.75, 3.05) is 0 Å². The lowest BCUT2D eigenvalue weighted by molar-refractivity contribution is 0.0996. The van der Waals surface area contributed by atoms with Gasteiger partial charge in [-0.3, -0.25) is 4.79 Å². The Labute approximate surface area is 120 Å². The lowest BCUT2D eigenvalue weighted by Crippen LogP contribution is -2.02. The molecule has 0 amide bonds. The van der Waals surface area contributed by atoms with E-state index >= 15 is 0 Å². The van der Waals surface area contributed by atoms with Crippen molar-refractivity contribution in [3.05, 3.63) is 70.4 Å². The van der Waals surface area contributed by atoms with Gasteiger partial charge in [-0.15, -0.1) is 11.3 Å². The Bertz CT molecular complexity index is 789. The van der Waals surface area contributed by atoms with Gasteiger partial charge in [-0.2, -0.15) is 0 Å². The highest BCUT2D eigenvalue weighted by Gasteiger charge is 2.12. The van der Waals surface area contributed by atoms with Crippen molar-refractivity contribution >= 4 is 27.2 Å². The SMILES string of the molecule is Cc1ccccc1CC(=O)c1cc2ccc(F)cc2s1. The standard InChI is InChI=1S/C17H13FOS/c1-11-4-2-3-5-12(11)8-15(19)17-9-13-6-7-14(18)10-16(13)20-17/h2-7,9-10H,8H2,1H3. The van der Waals surface area contributed by atoms with Gasteiger partial charge in [0, 0.05) is 11.1 Å². The van der Waals surface area contributed by atoms with Crippen LogP contribution < -0.4 is 0 Å². The van der Waals surface area contributed by atoms with E-state index in [0.29, 0.717) is 11.3 Å². The van der Waals surface area contributed by atoms with Crippen LogP contribution in [0.15, 0.2) is 48.5 Å². The van der Waals surface area contributed by atoms with Gasteiger partial charge >= 0.3 is 0 Å². The van der Waals surface area contributed by atoms with Gasteiger partial charge in [-0.25, -0.2) is 4.39 Å². The zero-order valence-electron chi connectivity index (χ0n) is 11.0. The Morgan fingerprint density at radius 1 is 1.15 bits per heavy atom. The smallest absolute Gasteiger partial charge is 0.177 e. The van der Waals surface area contributed by atoms with Gasteiger partial charge in [-0.1, -0.05) is 30.3 Å². The van der Waals surface area contributed by atoms with Gasteiger partial charge in [0.2, 0.25) is 0 Å². The molecule has 1 nitrogen and oxygen atoms in total. The van der Waals surface area contributed by atoms with Gasteiger partial charge in [0.25, 0.3) is 0 Å². The van der Waals surface area contributed by atoms with E-state index in [1.165, 1.54) is 23.5 Å². The fraction of sp³-hybridized carbons (Fsp3) is 0.118. The zero-order chi connectivity index (χ0) is 14.1.